The van der Waals surface area contributed by atoms with Gasteiger partial charge in [0.1, 0.15) is 5.75 Å². The van der Waals surface area contributed by atoms with E-state index in [4.69, 9.17) is 9.47 Å². The van der Waals surface area contributed by atoms with Crippen LogP contribution in [0.1, 0.15) is 59.7 Å². The van der Waals surface area contributed by atoms with E-state index < -0.39 is 29.2 Å². The summed E-state index contributed by atoms with van der Waals surface area (Å²) in [5.41, 5.74) is -0.428. The SMILES string of the molecule is COc1cccc(C(=O)c2nc(C(F)(F)F)cn2CCCCc2cccc(COC(C)(C)C(=O)O)c2)c1. The van der Waals surface area contributed by atoms with Crippen LogP contribution < -0.4 is 4.74 Å². The molecule has 10 heteroatoms. The van der Waals surface area contributed by atoms with Gasteiger partial charge in [-0.2, -0.15) is 13.2 Å². The Kier molecular flexibility index (Phi) is 8.75. The molecule has 37 heavy (non-hydrogen) atoms. The Morgan fingerprint density at radius 2 is 1.73 bits per heavy atom. The summed E-state index contributed by atoms with van der Waals surface area (Å²) >= 11 is 0. The summed E-state index contributed by atoms with van der Waals surface area (Å²) in [5, 5.41) is 9.18. The molecule has 1 aromatic heterocycles. The molecule has 0 aliphatic heterocycles. The van der Waals surface area contributed by atoms with Gasteiger partial charge in [0.05, 0.1) is 13.7 Å². The molecule has 0 aliphatic rings. The van der Waals surface area contributed by atoms with Crippen LogP contribution in [0.4, 0.5) is 13.2 Å². The number of aryl methyl sites for hydroxylation is 2. The summed E-state index contributed by atoms with van der Waals surface area (Å²) in [7, 11) is 1.44. The number of benzene rings is 2. The maximum atomic E-state index is 13.3. The summed E-state index contributed by atoms with van der Waals surface area (Å²) in [6.07, 6.45) is -1.99. The van der Waals surface area contributed by atoms with Crippen LogP contribution in [0.2, 0.25) is 0 Å². The molecule has 0 fully saturated rings. The maximum absolute atomic E-state index is 13.3. The predicted molar refractivity (Wildman–Crippen MR) is 130 cm³/mol. The van der Waals surface area contributed by atoms with Gasteiger partial charge in [-0.05, 0) is 56.4 Å². The van der Waals surface area contributed by atoms with Crippen molar-refractivity contribution in [1.29, 1.82) is 0 Å². The second kappa shape index (κ2) is 11.6. The van der Waals surface area contributed by atoms with Crippen molar-refractivity contribution in [3.8, 4) is 5.75 Å². The summed E-state index contributed by atoms with van der Waals surface area (Å²) in [4.78, 5) is 27.8. The Morgan fingerprint density at radius 1 is 1.03 bits per heavy atom. The molecule has 7 nitrogen and oxygen atoms in total. The molecule has 0 amide bonds. The Bertz CT molecular complexity index is 1250. The van der Waals surface area contributed by atoms with Gasteiger partial charge in [-0.1, -0.05) is 36.4 Å². The molecule has 1 N–H and O–H groups in total. The van der Waals surface area contributed by atoms with E-state index in [2.05, 4.69) is 4.98 Å². The van der Waals surface area contributed by atoms with Gasteiger partial charge in [0, 0.05) is 18.3 Å². The summed E-state index contributed by atoms with van der Waals surface area (Å²) < 4.78 is 51.9. The minimum atomic E-state index is -4.67. The molecule has 3 aromatic rings. The van der Waals surface area contributed by atoms with E-state index in [1.807, 2.05) is 24.3 Å². The average Bonchev–Trinajstić information content (AvgIpc) is 3.30. The number of carboxylic acid groups (broad SMARTS) is 1. The van der Waals surface area contributed by atoms with Crippen molar-refractivity contribution in [2.75, 3.05) is 7.11 Å². The monoisotopic (exact) mass is 518 g/mol. The molecule has 0 bridgehead atoms. The lowest BCUT2D eigenvalue weighted by Gasteiger charge is -2.20. The fraction of sp³-hybridized carbons (Fsp3) is 0.370. The van der Waals surface area contributed by atoms with Gasteiger partial charge in [-0.15, -0.1) is 0 Å². The van der Waals surface area contributed by atoms with E-state index in [-0.39, 0.29) is 24.5 Å². The first-order valence-electron chi connectivity index (χ1n) is 11.7. The minimum Gasteiger partial charge on any atom is -0.497 e. The largest absolute Gasteiger partial charge is 0.497 e. The smallest absolute Gasteiger partial charge is 0.434 e. The Hall–Kier alpha value is -3.66. The van der Waals surface area contributed by atoms with E-state index in [0.29, 0.717) is 25.0 Å². The standard InChI is InChI=1S/C27H29F3N2O5/c1-26(2,25(34)35)37-17-19-10-6-9-18(14-19)8-4-5-13-32-16-22(27(28,29)30)31-24(32)23(33)20-11-7-12-21(15-20)36-3/h6-7,9-12,14-16H,4-5,8,13,17H2,1-3H3,(H,34,35). The average molecular weight is 519 g/mol. The number of nitrogens with zero attached hydrogens (tertiary/aromatic N) is 2. The lowest BCUT2D eigenvalue weighted by Crippen LogP contribution is -2.34. The second-order valence-electron chi connectivity index (χ2n) is 9.08. The van der Waals surface area contributed by atoms with Crippen molar-refractivity contribution >= 4 is 11.8 Å². The Labute approximate surface area is 212 Å². The number of hydrogen-bond donors (Lipinski definition) is 1. The van der Waals surface area contributed by atoms with Gasteiger partial charge in [0.2, 0.25) is 5.78 Å². The number of alkyl halides is 3. The van der Waals surface area contributed by atoms with Crippen molar-refractivity contribution in [3.05, 3.63) is 82.9 Å². The van der Waals surface area contributed by atoms with E-state index in [1.54, 1.807) is 12.1 Å². The highest BCUT2D eigenvalue weighted by molar-refractivity contribution is 6.07. The molecule has 3 rings (SSSR count). The first-order chi connectivity index (χ1) is 17.4. The number of methoxy groups -OCH3 is 1. The van der Waals surface area contributed by atoms with E-state index >= 15 is 0 Å². The number of ketones is 1. The summed E-state index contributed by atoms with van der Waals surface area (Å²) in [6.45, 7) is 3.28. The molecule has 1 heterocycles. The van der Waals surface area contributed by atoms with Crippen molar-refractivity contribution in [2.24, 2.45) is 0 Å². The lowest BCUT2D eigenvalue weighted by molar-refractivity contribution is -0.162. The molecule has 0 radical (unpaired) electrons. The van der Waals surface area contributed by atoms with E-state index in [0.717, 1.165) is 17.3 Å². The third-order valence-corrected chi connectivity index (χ3v) is 5.82. The number of rotatable bonds is 12. The fourth-order valence-corrected chi connectivity index (χ4v) is 3.61. The topological polar surface area (TPSA) is 90.6 Å². The van der Waals surface area contributed by atoms with Gasteiger partial charge < -0.3 is 19.1 Å². The number of ether oxygens (including phenoxy) is 2. The molecule has 0 saturated heterocycles. The molecule has 0 aliphatic carbocycles. The third kappa shape index (κ3) is 7.42. The van der Waals surface area contributed by atoms with Crippen LogP contribution in [0, 0.1) is 0 Å². The van der Waals surface area contributed by atoms with Crippen LogP contribution in [0.15, 0.2) is 54.7 Å². The highest BCUT2D eigenvalue weighted by Crippen LogP contribution is 2.29. The van der Waals surface area contributed by atoms with Crippen LogP contribution in [0.5, 0.6) is 5.75 Å². The number of carbonyl (C=O) groups excluding carboxylic acids is 1. The fourth-order valence-electron chi connectivity index (χ4n) is 3.61. The number of aliphatic carboxylic acids is 1. The number of carbonyl (C=O) groups is 2. The predicted octanol–water partition coefficient (Wildman–Crippen LogP) is 5.54. The van der Waals surface area contributed by atoms with Crippen molar-refractivity contribution in [2.45, 2.75) is 58.0 Å². The molecular weight excluding hydrogens is 489 g/mol. The van der Waals surface area contributed by atoms with Crippen LogP contribution in [0.25, 0.3) is 0 Å². The minimum absolute atomic E-state index is 0.137. The molecule has 0 unspecified atom stereocenters. The Morgan fingerprint density at radius 3 is 2.41 bits per heavy atom. The normalized spacial score (nSPS) is 11.9. The number of hydrogen-bond acceptors (Lipinski definition) is 5. The van der Waals surface area contributed by atoms with Gasteiger partial charge in [-0.3, -0.25) is 4.79 Å². The number of imidazole rings is 1. The van der Waals surface area contributed by atoms with Gasteiger partial charge >= 0.3 is 12.1 Å². The second-order valence-corrected chi connectivity index (χ2v) is 9.08. The molecular formula is C27H29F3N2O5. The van der Waals surface area contributed by atoms with Crippen molar-refractivity contribution < 1.29 is 37.3 Å². The maximum Gasteiger partial charge on any atom is 0.434 e. The molecule has 0 spiro atoms. The van der Waals surface area contributed by atoms with E-state index in [9.17, 15) is 27.9 Å². The van der Waals surface area contributed by atoms with Gasteiger partial charge in [0.15, 0.2) is 17.1 Å². The number of aromatic nitrogens is 2. The van der Waals surface area contributed by atoms with Crippen molar-refractivity contribution in [3.63, 3.8) is 0 Å². The van der Waals surface area contributed by atoms with Gasteiger partial charge in [0.25, 0.3) is 0 Å². The first-order valence-corrected chi connectivity index (χ1v) is 11.7. The van der Waals surface area contributed by atoms with E-state index in [1.165, 1.54) is 37.7 Å². The summed E-state index contributed by atoms with van der Waals surface area (Å²) in [6, 6.07) is 13.7. The van der Waals surface area contributed by atoms with Crippen LogP contribution in [-0.2, 0) is 35.3 Å². The van der Waals surface area contributed by atoms with Gasteiger partial charge in [-0.25, -0.2) is 9.78 Å². The Balaban J connectivity index is 1.66. The zero-order chi connectivity index (χ0) is 27.2. The quantitative estimate of drug-likeness (QED) is 0.250. The highest BCUT2D eigenvalue weighted by atomic mass is 19.4. The number of carboxylic acids is 1. The highest BCUT2D eigenvalue weighted by Gasteiger charge is 2.36. The zero-order valence-corrected chi connectivity index (χ0v) is 20.8. The van der Waals surface area contributed by atoms with Crippen molar-refractivity contribution in [1.82, 2.24) is 9.55 Å². The first kappa shape index (κ1) is 27.9. The van der Waals surface area contributed by atoms with Crippen LogP contribution in [-0.4, -0.2) is 39.1 Å². The molecule has 198 valence electrons. The summed E-state index contributed by atoms with van der Waals surface area (Å²) in [5.74, 6) is -1.53. The third-order valence-electron chi connectivity index (χ3n) is 5.82. The number of unbranched alkanes of at least 4 members (excludes halogenated alkanes) is 1. The molecule has 0 saturated carbocycles. The van der Waals surface area contributed by atoms with Crippen LogP contribution >= 0.6 is 0 Å². The number of halogens is 3. The molecule has 0 atom stereocenters. The van der Waals surface area contributed by atoms with Crippen LogP contribution in [0.3, 0.4) is 0 Å². The lowest BCUT2D eigenvalue weighted by atomic mass is 10.0. The molecule has 2 aromatic carbocycles. The zero-order valence-electron chi connectivity index (χ0n) is 20.8.